The van der Waals surface area contributed by atoms with E-state index in [4.69, 9.17) is 16.3 Å². The maximum absolute atomic E-state index is 12.7. The first-order chi connectivity index (χ1) is 13.5. The van der Waals surface area contributed by atoms with Crippen LogP contribution in [-0.2, 0) is 14.3 Å². The normalized spacial score (nSPS) is 39.3. The number of rotatable bonds is 6. The van der Waals surface area contributed by atoms with Crippen molar-refractivity contribution in [1.82, 2.24) is 10.6 Å². The molecule has 0 aromatic rings. The Hall–Kier alpha value is -0.650. The Morgan fingerprint density at radius 1 is 0.857 bits per heavy atom. The average Bonchev–Trinajstić information content (AvgIpc) is 2.69. The third kappa shape index (κ3) is 5.93. The topological polar surface area (TPSA) is 67.4 Å². The van der Waals surface area contributed by atoms with E-state index in [9.17, 15) is 9.59 Å². The lowest BCUT2D eigenvalue weighted by molar-refractivity contribution is -0.129. The quantitative estimate of drug-likeness (QED) is 0.654. The molecule has 0 saturated heterocycles. The minimum Gasteiger partial charge on any atom is -0.375 e. The highest BCUT2D eigenvalue weighted by Gasteiger charge is 2.36. The predicted octanol–water partition coefficient (Wildman–Crippen LogP) is 3.57. The maximum Gasteiger partial charge on any atom is 0.223 e. The molecule has 0 radical (unpaired) electrons. The van der Waals surface area contributed by atoms with Gasteiger partial charge in [-0.3, -0.25) is 9.59 Å². The maximum atomic E-state index is 12.7. The second kappa shape index (κ2) is 10.4. The van der Waals surface area contributed by atoms with Crippen LogP contribution in [0.2, 0.25) is 0 Å². The number of ether oxygens (including phenoxy) is 1. The van der Waals surface area contributed by atoms with E-state index in [0.29, 0.717) is 24.7 Å². The van der Waals surface area contributed by atoms with Gasteiger partial charge in [0.1, 0.15) is 5.78 Å². The molecule has 3 rings (SSSR count). The average molecular weight is 413 g/mol. The van der Waals surface area contributed by atoms with Gasteiger partial charge in [-0.15, -0.1) is 11.6 Å². The summed E-state index contributed by atoms with van der Waals surface area (Å²) in [6.45, 7) is 1.60. The van der Waals surface area contributed by atoms with Gasteiger partial charge in [-0.25, -0.2) is 0 Å². The van der Waals surface area contributed by atoms with Crippen LogP contribution in [0.15, 0.2) is 0 Å². The number of Topliss-reactive ketones (excluding diaryl/α,β-unsaturated/α-hetero) is 1. The number of carbonyl (C=O) groups is 2. The molecule has 5 nitrogen and oxygen atoms in total. The highest BCUT2D eigenvalue weighted by atomic mass is 35.5. The summed E-state index contributed by atoms with van der Waals surface area (Å²) in [6, 6.07) is 0.913. The van der Waals surface area contributed by atoms with Crippen LogP contribution >= 0.6 is 11.6 Å². The SMILES string of the molecule is CNC1CCC(OC2CCC(NC(=O)C3CCC(C(C)=O)C(Cl)C3)CC2)CC1. The predicted molar refractivity (Wildman–Crippen MR) is 112 cm³/mol. The highest BCUT2D eigenvalue weighted by Crippen LogP contribution is 2.34. The summed E-state index contributed by atoms with van der Waals surface area (Å²) in [7, 11) is 2.05. The second-order valence-corrected chi connectivity index (χ2v) is 9.68. The van der Waals surface area contributed by atoms with E-state index >= 15 is 0 Å². The number of halogens is 1. The summed E-state index contributed by atoms with van der Waals surface area (Å²) in [4.78, 5) is 24.3. The van der Waals surface area contributed by atoms with Crippen molar-refractivity contribution < 1.29 is 14.3 Å². The molecule has 3 aliphatic carbocycles. The molecule has 3 aliphatic rings. The molecule has 0 spiro atoms. The van der Waals surface area contributed by atoms with Gasteiger partial charge in [-0.2, -0.15) is 0 Å². The van der Waals surface area contributed by atoms with Crippen LogP contribution < -0.4 is 10.6 Å². The van der Waals surface area contributed by atoms with E-state index in [1.165, 1.54) is 12.8 Å². The van der Waals surface area contributed by atoms with Gasteiger partial charge in [0.05, 0.1) is 12.2 Å². The number of carbonyl (C=O) groups excluding carboxylic acids is 2. The van der Waals surface area contributed by atoms with Gasteiger partial charge in [0, 0.05) is 29.3 Å². The first kappa shape index (κ1) is 22.0. The zero-order chi connectivity index (χ0) is 20.1. The summed E-state index contributed by atoms with van der Waals surface area (Å²) >= 11 is 6.37. The Morgan fingerprint density at radius 2 is 1.43 bits per heavy atom. The lowest BCUT2D eigenvalue weighted by Crippen LogP contribution is -2.45. The van der Waals surface area contributed by atoms with Crippen LogP contribution in [0.5, 0.6) is 0 Å². The third-order valence-electron chi connectivity index (χ3n) is 7.15. The van der Waals surface area contributed by atoms with E-state index in [2.05, 4.69) is 10.6 Å². The first-order valence-corrected chi connectivity index (χ1v) is 11.7. The summed E-state index contributed by atoms with van der Waals surface area (Å²) < 4.78 is 6.35. The van der Waals surface area contributed by atoms with Crippen LogP contribution in [0.4, 0.5) is 0 Å². The molecule has 3 saturated carbocycles. The van der Waals surface area contributed by atoms with Gasteiger partial charge >= 0.3 is 0 Å². The van der Waals surface area contributed by atoms with Gasteiger partial charge in [0.2, 0.25) is 5.91 Å². The molecule has 0 heterocycles. The number of amides is 1. The van der Waals surface area contributed by atoms with Crippen LogP contribution in [0, 0.1) is 11.8 Å². The zero-order valence-corrected chi connectivity index (χ0v) is 18.2. The Balaban J connectivity index is 1.35. The molecular weight excluding hydrogens is 376 g/mol. The Morgan fingerprint density at radius 3 is 1.93 bits per heavy atom. The number of nitrogens with one attached hydrogen (secondary N) is 2. The minimum atomic E-state index is -0.205. The summed E-state index contributed by atoms with van der Waals surface area (Å²) in [5.74, 6) is 0.148. The molecule has 3 unspecified atom stereocenters. The molecule has 28 heavy (non-hydrogen) atoms. The van der Waals surface area contributed by atoms with E-state index in [1.807, 2.05) is 7.05 Å². The lowest BCUT2D eigenvalue weighted by atomic mass is 9.79. The van der Waals surface area contributed by atoms with E-state index in [1.54, 1.807) is 6.92 Å². The van der Waals surface area contributed by atoms with Crippen LogP contribution in [0.25, 0.3) is 0 Å². The Kier molecular flexibility index (Phi) is 8.19. The fraction of sp³-hybridized carbons (Fsp3) is 0.909. The number of hydrogen-bond donors (Lipinski definition) is 2. The van der Waals surface area contributed by atoms with Crippen molar-refractivity contribution in [2.75, 3.05) is 7.05 Å². The molecule has 0 aromatic carbocycles. The van der Waals surface area contributed by atoms with Crippen LogP contribution in [0.3, 0.4) is 0 Å². The van der Waals surface area contributed by atoms with Crippen molar-refractivity contribution >= 4 is 23.3 Å². The standard InChI is InChI=1S/C22H37ClN2O3/c1-14(26)20-12-3-15(13-21(20)23)22(27)25-17-6-10-19(11-7-17)28-18-8-4-16(24-2)5-9-18/h15-21,24H,3-13H2,1-2H3,(H,25,27). The van der Waals surface area contributed by atoms with Crippen molar-refractivity contribution in [2.24, 2.45) is 11.8 Å². The highest BCUT2D eigenvalue weighted by molar-refractivity contribution is 6.22. The largest absolute Gasteiger partial charge is 0.375 e. The third-order valence-corrected chi connectivity index (χ3v) is 7.64. The van der Waals surface area contributed by atoms with Gasteiger partial charge < -0.3 is 15.4 Å². The van der Waals surface area contributed by atoms with E-state index in [0.717, 1.165) is 51.4 Å². The zero-order valence-electron chi connectivity index (χ0n) is 17.4. The molecule has 3 fully saturated rings. The molecule has 0 aromatic heterocycles. The van der Waals surface area contributed by atoms with Gasteiger partial charge in [0.25, 0.3) is 0 Å². The van der Waals surface area contributed by atoms with Gasteiger partial charge in [-0.1, -0.05) is 0 Å². The molecule has 3 atom stereocenters. The number of ketones is 1. The molecule has 6 heteroatoms. The smallest absolute Gasteiger partial charge is 0.223 e. The Bertz CT molecular complexity index is 528. The molecular formula is C22H37ClN2O3. The van der Waals surface area contributed by atoms with Crippen LogP contribution in [0.1, 0.15) is 77.6 Å². The molecule has 0 bridgehead atoms. The van der Waals surface area contributed by atoms with E-state index < -0.39 is 0 Å². The molecule has 160 valence electrons. The summed E-state index contributed by atoms with van der Waals surface area (Å²) in [5.41, 5.74) is 0. The monoisotopic (exact) mass is 412 g/mol. The fourth-order valence-corrected chi connectivity index (χ4v) is 5.75. The van der Waals surface area contributed by atoms with Gasteiger partial charge in [-0.05, 0) is 84.6 Å². The lowest BCUT2D eigenvalue weighted by Gasteiger charge is -2.36. The van der Waals surface area contributed by atoms with Gasteiger partial charge in [0.15, 0.2) is 0 Å². The Labute approximate surface area is 174 Å². The summed E-state index contributed by atoms with van der Waals surface area (Å²) in [6.07, 6.45) is 11.7. The van der Waals surface area contributed by atoms with Crippen molar-refractivity contribution in [1.29, 1.82) is 0 Å². The van der Waals surface area contributed by atoms with Crippen LogP contribution in [-0.4, -0.2) is 48.4 Å². The second-order valence-electron chi connectivity index (χ2n) is 9.12. The number of hydrogen-bond acceptors (Lipinski definition) is 4. The van der Waals surface area contributed by atoms with Crippen molar-refractivity contribution in [3.8, 4) is 0 Å². The molecule has 1 amide bonds. The molecule has 2 N–H and O–H groups in total. The van der Waals surface area contributed by atoms with E-state index in [-0.39, 0.29) is 34.9 Å². The van der Waals surface area contributed by atoms with Crippen molar-refractivity contribution in [3.63, 3.8) is 0 Å². The number of alkyl halides is 1. The molecule has 0 aliphatic heterocycles. The summed E-state index contributed by atoms with van der Waals surface area (Å²) in [5, 5.41) is 6.41. The fourth-order valence-electron chi connectivity index (χ4n) is 5.23. The van der Waals surface area contributed by atoms with Crippen molar-refractivity contribution in [3.05, 3.63) is 0 Å². The minimum absolute atomic E-state index is 0.0468. The van der Waals surface area contributed by atoms with Crippen molar-refractivity contribution in [2.45, 2.75) is 107 Å². The first-order valence-electron chi connectivity index (χ1n) is 11.2.